The molecule has 25 heavy (non-hydrogen) atoms. The smallest absolute Gasteiger partial charge is 0.369 e. The van der Waals surface area contributed by atoms with E-state index in [0.717, 1.165) is 45.1 Å². The molecule has 0 unspecified atom stereocenters. The molecule has 0 saturated carbocycles. The molecule has 1 spiro atoms. The first kappa shape index (κ1) is 17.1. The minimum absolute atomic E-state index is 0.0534. The summed E-state index contributed by atoms with van der Waals surface area (Å²) in [5.74, 6) is 0.603. The predicted molar refractivity (Wildman–Crippen MR) is 87.1 cm³/mol. The van der Waals surface area contributed by atoms with Crippen LogP contribution in [0.3, 0.4) is 0 Å². The minimum Gasteiger partial charge on any atom is -0.369 e. The summed E-state index contributed by atoms with van der Waals surface area (Å²) in [6.45, 7) is 3.24. The van der Waals surface area contributed by atoms with E-state index < -0.39 is 21.7 Å². The van der Waals surface area contributed by atoms with Gasteiger partial charge in [-0.05, 0) is 31.5 Å². The summed E-state index contributed by atoms with van der Waals surface area (Å²) in [6, 6.07) is 2.82. The van der Waals surface area contributed by atoms with Crippen molar-refractivity contribution in [2.24, 2.45) is 5.41 Å². The number of sulfone groups is 1. The van der Waals surface area contributed by atoms with Crippen LogP contribution in [0.2, 0.25) is 0 Å². The van der Waals surface area contributed by atoms with E-state index in [1.165, 1.54) is 12.3 Å². The number of alkyl halides is 3. The molecular weight excluding hydrogens is 355 g/mol. The Balaban J connectivity index is 1.37. The summed E-state index contributed by atoms with van der Waals surface area (Å²) >= 11 is 0. The number of halogens is 3. The van der Waals surface area contributed by atoms with Crippen LogP contribution in [0, 0.1) is 5.41 Å². The van der Waals surface area contributed by atoms with Crippen molar-refractivity contribution < 1.29 is 21.6 Å². The molecule has 138 valence electrons. The largest absolute Gasteiger partial charge is 0.433 e. The van der Waals surface area contributed by atoms with Crippen molar-refractivity contribution in [2.75, 3.05) is 42.6 Å². The van der Waals surface area contributed by atoms with Gasteiger partial charge in [-0.25, -0.2) is 13.4 Å². The minimum atomic E-state index is -4.42. The van der Waals surface area contributed by atoms with Crippen LogP contribution in [0.1, 0.15) is 18.5 Å². The fourth-order valence-corrected chi connectivity index (χ4v) is 6.68. The molecule has 1 aromatic heterocycles. The van der Waals surface area contributed by atoms with Gasteiger partial charge in [-0.3, -0.25) is 4.90 Å². The lowest BCUT2D eigenvalue weighted by molar-refractivity contribution is -0.141. The van der Waals surface area contributed by atoms with Gasteiger partial charge < -0.3 is 4.90 Å². The Morgan fingerprint density at radius 2 is 1.96 bits per heavy atom. The number of nitrogens with zero attached hydrogens (tertiary/aromatic N) is 3. The van der Waals surface area contributed by atoms with Crippen molar-refractivity contribution in [3.8, 4) is 0 Å². The van der Waals surface area contributed by atoms with Crippen LogP contribution in [0.4, 0.5) is 18.9 Å². The van der Waals surface area contributed by atoms with Crippen molar-refractivity contribution in [2.45, 2.75) is 25.1 Å². The van der Waals surface area contributed by atoms with Crippen LogP contribution >= 0.6 is 0 Å². The van der Waals surface area contributed by atoms with E-state index in [4.69, 9.17) is 0 Å². The fraction of sp³-hybridized carbons (Fsp3) is 0.688. The third-order valence-corrected chi connectivity index (χ3v) is 7.71. The van der Waals surface area contributed by atoms with Crippen LogP contribution in [-0.2, 0) is 16.0 Å². The van der Waals surface area contributed by atoms with Crippen LogP contribution in [0.15, 0.2) is 18.3 Å². The van der Waals surface area contributed by atoms with E-state index in [9.17, 15) is 21.6 Å². The Labute approximate surface area is 144 Å². The van der Waals surface area contributed by atoms with E-state index in [1.807, 2.05) is 0 Å². The molecule has 1 atom stereocenters. The Morgan fingerprint density at radius 3 is 2.56 bits per heavy atom. The molecule has 4 rings (SSSR count). The molecule has 0 radical (unpaired) electrons. The summed E-state index contributed by atoms with van der Waals surface area (Å²) < 4.78 is 60.8. The second-order valence-corrected chi connectivity index (χ2v) is 9.61. The zero-order valence-electron chi connectivity index (χ0n) is 13.7. The quantitative estimate of drug-likeness (QED) is 0.789. The van der Waals surface area contributed by atoms with Gasteiger partial charge in [0.1, 0.15) is 5.69 Å². The van der Waals surface area contributed by atoms with Crippen LogP contribution in [0.25, 0.3) is 0 Å². The molecule has 9 heteroatoms. The van der Waals surface area contributed by atoms with Gasteiger partial charge in [0.2, 0.25) is 0 Å². The lowest BCUT2D eigenvalue weighted by Gasteiger charge is -2.38. The molecular formula is C16H20F3N3O2S. The monoisotopic (exact) mass is 375 g/mol. The lowest BCUT2D eigenvalue weighted by Crippen LogP contribution is -2.51. The normalized spacial score (nSPS) is 28.4. The number of aromatic nitrogens is 1. The highest BCUT2D eigenvalue weighted by molar-refractivity contribution is 7.92. The summed E-state index contributed by atoms with van der Waals surface area (Å²) in [7, 11) is -2.83. The summed E-state index contributed by atoms with van der Waals surface area (Å²) in [6.07, 6.45) is -1.28. The third-order valence-electron chi connectivity index (χ3n) is 5.60. The molecule has 5 nitrogen and oxygen atoms in total. The average Bonchev–Trinajstić information content (AvgIpc) is 3.12. The second-order valence-electron chi connectivity index (χ2n) is 7.54. The number of hydrogen-bond donors (Lipinski definition) is 0. The van der Waals surface area contributed by atoms with E-state index in [0.29, 0.717) is 23.2 Å². The number of rotatable bonds is 2. The number of likely N-dealkylation sites (tertiary alicyclic amines) is 1. The van der Waals surface area contributed by atoms with Crippen molar-refractivity contribution in [3.63, 3.8) is 0 Å². The van der Waals surface area contributed by atoms with E-state index >= 15 is 0 Å². The Bertz CT molecular complexity index is 752. The van der Waals surface area contributed by atoms with Gasteiger partial charge in [0.25, 0.3) is 0 Å². The maximum Gasteiger partial charge on any atom is 0.433 e. The molecule has 0 bridgehead atoms. The molecule has 3 fully saturated rings. The highest BCUT2D eigenvalue weighted by atomic mass is 32.2. The lowest BCUT2D eigenvalue weighted by atomic mass is 9.91. The van der Waals surface area contributed by atoms with Crippen LogP contribution in [-0.4, -0.2) is 62.0 Å². The van der Waals surface area contributed by atoms with E-state index in [1.54, 1.807) is 0 Å². The van der Waals surface area contributed by atoms with Gasteiger partial charge >= 0.3 is 6.18 Å². The highest BCUT2D eigenvalue weighted by Crippen LogP contribution is 2.43. The molecule has 0 amide bonds. The van der Waals surface area contributed by atoms with E-state index in [2.05, 4.69) is 14.8 Å². The number of hydrogen-bond acceptors (Lipinski definition) is 5. The Hall–Kier alpha value is -1.35. The average molecular weight is 375 g/mol. The Morgan fingerprint density at radius 1 is 1.20 bits per heavy atom. The first-order chi connectivity index (χ1) is 11.7. The van der Waals surface area contributed by atoms with Gasteiger partial charge in [-0.1, -0.05) is 0 Å². The zero-order valence-corrected chi connectivity index (χ0v) is 14.5. The Kier molecular flexibility index (Phi) is 3.81. The highest BCUT2D eigenvalue weighted by Gasteiger charge is 2.53. The van der Waals surface area contributed by atoms with Crippen molar-refractivity contribution in [3.05, 3.63) is 24.0 Å². The molecule has 1 aromatic rings. The molecule has 3 aliphatic heterocycles. The predicted octanol–water partition coefficient (Wildman–Crippen LogP) is 1.80. The summed E-state index contributed by atoms with van der Waals surface area (Å²) in [5.41, 5.74) is -0.224. The van der Waals surface area contributed by atoms with Crippen LogP contribution < -0.4 is 4.90 Å². The first-order valence-corrected chi connectivity index (χ1v) is 10.2. The SMILES string of the molecule is O=S1(=O)CC2(CCN([C@H]3CCN(c4ccc(C(F)(F)F)nc4)C3)C2)C1. The molecule has 3 saturated heterocycles. The molecule has 0 aliphatic carbocycles. The van der Waals surface area contributed by atoms with Gasteiger partial charge in [0.15, 0.2) is 9.84 Å². The van der Waals surface area contributed by atoms with Gasteiger partial charge in [-0.15, -0.1) is 0 Å². The zero-order chi connectivity index (χ0) is 17.9. The van der Waals surface area contributed by atoms with Gasteiger partial charge in [-0.2, -0.15) is 13.2 Å². The summed E-state index contributed by atoms with van der Waals surface area (Å²) in [4.78, 5) is 7.94. The molecule has 0 aromatic carbocycles. The fourth-order valence-electron chi connectivity index (χ4n) is 4.42. The van der Waals surface area contributed by atoms with Crippen LogP contribution in [0.5, 0.6) is 0 Å². The molecule has 4 heterocycles. The summed E-state index contributed by atoms with van der Waals surface area (Å²) in [5, 5.41) is 0. The number of anilines is 1. The third kappa shape index (κ3) is 3.23. The van der Waals surface area contributed by atoms with Gasteiger partial charge in [0, 0.05) is 31.1 Å². The van der Waals surface area contributed by atoms with Crippen molar-refractivity contribution >= 4 is 15.5 Å². The number of pyridine rings is 1. The van der Waals surface area contributed by atoms with Crippen molar-refractivity contribution in [1.29, 1.82) is 0 Å². The maximum absolute atomic E-state index is 12.6. The van der Waals surface area contributed by atoms with E-state index in [-0.39, 0.29) is 5.41 Å². The standard InChI is InChI=1S/C16H20F3N3O2S/c17-16(18,19)14-2-1-12(7-20-14)21-5-3-13(8-21)22-6-4-15(9-22)10-25(23,24)11-15/h1-2,7,13H,3-6,8-11H2/t13-/m0/s1. The molecule has 0 N–H and O–H groups in total. The van der Waals surface area contributed by atoms with Gasteiger partial charge in [0.05, 0.1) is 23.4 Å². The maximum atomic E-state index is 12.6. The molecule has 3 aliphatic rings. The van der Waals surface area contributed by atoms with Crippen molar-refractivity contribution in [1.82, 2.24) is 9.88 Å². The second kappa shape index (κ2) is 5.57. The topological polar surface area (TPSA) is 53.5 Å². The first-order valence-electron chi connectivity index (χ1n) is 8.39.